The lowest BCUT2D eigenvalue weighted by Gasteiger charge is -2.71. The fourth-order valence-corrected chi connectivity index (χ4v) is 12.0. The standard InChI is InChI=1S/C43H60O3/c1-37(2)23-24-39(5)25-26-41(7)33(34(39)27-37)19-20-36-40(6)30-43(44-28-31-15-11-9-12-16-31,45-29-32-17-13-10-14-18-32)46-38(3,4)35(40)21-22-42(36,41)8/h9-19,34-36H,20-30H2,1-8H3/t34-,35?,36-,39-,40+,41-,42-/m1/s1. The molecule has 3 saturated carbocycles. The Morgan fingerprint density at radius 1 is 0.696 bits per heavy atom. The molecule has 0 aromatic heterocycles. The van der Waals surface area contributed by atoms with Crippen molar-refractivity contribution in [2.75, 3.05) is 0 Å². The summed E-state index contributed by atoms with van der Waals surface area (Å²) in [5.41, 5.74) is 5.07. The third-order valence-electron chi connectivity index (χ3n) is 14.8. The summed E-state index contributed by atoms with van der Waals surface area (Å²) < 4.78 is 21.0. The van der Waals surface area contributed by atoms with E-state index in [1.54, 1.807) is 0 Å². The zero-order valence-electron chi connectivity index (χ0n) is 30.1. The van der Waals surface area contributed by atoms with Crippen LogP contribution in [0.1, 0.15) is 124 Å². The summed E-state index contributed by atoms with van der Waals surface area (Å²) in [6.07, 6.45) is 13.9. The second-order valence-electron chi connectivity index (χ2n) is 18.5. The highest BCUT2D eigenvalue weighted by Crippen LogP contribution is 2.75. The van der Waals surface area contributed by atoms with Gasteiger partial charge in [0.05, 0.1) is 18.8 Å². The first kappa shape index (κ1) is 32.6. The molecule has 4 fully saturated rings. The number of fused-ring (bicyclic) bond motifs is 7. The predicted molar refractivity (Wildman–Crippen MR) is 187 cm³/mol. The van der Waals surface area contributed by atoms with E-state index < -0.39 is 5.97 Å². The molecule has 0 N–H and O–H groups in total. The Morgan fingerprint density at radius 3 is 1.89 bits per heavy atom. The van der Waals surface area contributed by atoms with Gasteiger partial charge in [-0.25, -0.2) is 0 Å². The topological polar surface area (TPSA) is 27.7 Å². The van der Waals surface area contributed by atoms with Crippen LogP contribution in [0, 0.1) is 44.8 Å². The zero-order chi connectivity index (χ0) is 32.6. The highest BCUT2D eigenvalue weighted by Gasteiger charge is 2.70. The van der Waals surface area contributed by atoms with Gasteiger partial charge in [-0.2, -0.15) is 0 Å². The van der Waals surface area contributed by atoms with E-state index in [1.165, 1.54) is 44.9 Å². The second-order valence-corrected chi connectivity index (χ2v) is 18.5. The van der Waals surface area contributed by atoms with Gasteiger partial charge in [0.25, 0.3) is 5.97 Å². The molecule has 4 aliphatic carbocycles. The lowest BCUT2D eigenvalue weighted by molar-refractivity contribution is -0.464. The number of rotatable bonds is 6. The van der Waals surface area contributed by atoms with E-state index in [-0.39, 0.29) is 21.8 Å². The fourth-order valence-electron chi connectivity index (χ4n) is 12.0. The zero-order valence-corrected chi connectivity index (χ0v) is 30.1. The van der Waals surface area contributed by atoms with Crippen LogP contribution in [0.4, 0.5) is 0 Å². The average molecular weight is 625 g/mol. The first-order valence-corrected chi connectivity index (χ1v) is 18.4. The normalized spacial score (nSPS) is 40.4. The van der Waals surface area contributed by atoms with E-state index in [0.717, 1.165) is 24.0 Å². The molecule has 0 amide bonds. The van der Waals surface area contributed by atoms with Gasteiger partial charge in [-0.1, -0.05) is 114 Å². The molecule has 1 unspecified atom stereocenters. The lowest BCUT2D eigenvalue weighted by atomic mass is 9.35. The molecular weight excluding hydrogens is 564 g/mol. The van der Waals surface area contributed by atoms with E-state index in [9.17, 15) is 0 Å². The molecule has 46 heavy (non-hydrogen) atoms. The second kappa shape index (κ2) is 11.0. The van der Waals surface area contributed by atoms with Crippen LogP contribution in [0.3, 0.4) is 0 Å². The van der Waals surface area contributed by atoms with Crippen molar-refractivity contribution in [3.8, 4) is 0 Å². The molecule has 3 heteroatoms. The van der Waals surface area contributed by atoms with Crippen LogP contribution in [0.2, 0.25) is 0 Å². The quantitative estimate of drug-likeness (QED) is 0.236. The number of hydrogen-bond donors (Lipinski definition) is 0. The number of ether oxygens (including phenoxy) is 3. The maximum atomic E-state index is 7.13. The highest BCUT2D eigenvalue weighted by molar-refractivity contribution is 5.33. The van der Waals surface area contributed by atoms with Crippen LogP contribution in [0.5, 0.6) is 0 Å². The SMILES string of the molecule is CC1(C)CC[C@]2(C)CC[C@]3(C)C(=CC[C@@H]4[C@@]5(C)CC(OCc6ccccc6)(OCc6ccccc6)OC(C)(C)C5CC[C@]43C)[C@H]2C1. The lowest BCUT2D eigenvalue weighted by Crippen LogP contribution is -2.68. The largest absolute Gasteiger partial charge is 0.323 e. The molecule has 2 aromatic carbocycles. The van der Waals surface area contributed by atoms with Crippen molar-refractivity contribution in [1.82, 2.24) is 0 Å². The van der Waals surface area contributed by atoms with Crippen molar-refractivity contribution in [2.24, 2.45) is 44.8 Å². The molecule has 1 heterocycles. The molecule has 3 nitrogen and oxygen atoms in total. The molecule has 1 saturated heterocycles. The fraction of sp³-hybridized carbons (Fsp3) is 0.674. The minimum atomic E-state index is -1.12. The molecule has 2 aromatic rings. The third kappa shape index (κ3) is 5.17. The number of allylic oxidation sites excluding steroid dienone is 2. The predicted octanol–water partition coefficient (Wildman–Crippen LogP) is 11.3. The monoisotopic (exact) mass is 624 g/mol. The van der Waals surface area contributed by atoms with Crippen molar-refractivity contribution in [2.45, 2.75) is 138 Å². The summed E-state index contributed by atoms with van der Waals surface area (Å²) in [5.74, 6) is 0.568. The summed E-state index contributed by atoms with van der Waals surface area (Å²) in [7, 11) is 0. The van der Waals surface area contributed by atoms with Crippen LogP contribution in [-0.2, 0) is 27.4 Å². The van der Waals surface area contributed by atoms with Crippen molar-refractivity contribution < 1.29 is 14.2 Å². The van der Waals surface area contributed by atoms with Gasteiger partial charge in [-0.3, -0.25) is 0 Å². The van der Waals surface area contributed by atoms with Crippen molar-refractivity contribution in [3.05, 3.63) is 83.4 Å². The summed E-state index contributed by atoms with van der Waals surface area (Å²) >= 11 is 0. The van der Waals surface area contributed by atoms with E-state index in [0.29, 0.717) is 41.8 Å². The smallest absolute Gasteiger partial charge is 0.284 e. The molecule has 0 bridgehead atoms. The number of hydrogen-bond acceptors (Lipinski definition) is 3. The minimum Gasteiger partial charge on any atom is -0.323 e. The Balaban J connectivity index is 1.27. The van der Waals surface area contributed by atoms with Gasteiger partial charge < -0.3 is 14.2 Å². The van der Waals surface area contributed by atoms with E-state index in [2.05, 4.69) is 122 Å². The van der Waals surface area contributed by atoms with Crippen LogP contribution >= 0.6 is 0 Å². The molecule has 1 aliphatic heterocycles. The minimum absolute atomic E-state index is 0.000246. The molecule has 7 rings (SSSR count). The summed E-state index contributed by atoms with van der Waals surface area (Å²) in [5, 5.41) is 0. The summed E-state index contributed by atoms with van der Waals surface area (Å²) in [4.78, 5) is 0. The maximum absolute atomic E-state index is 7.13. The first-order valence-electron chi connectivity index (χ1n) is 18.4. The van der Waals surface area contributed by atoms with Crippen molar-refractivity contribution >= 4 is 0 Å². The Morgan fingerprint density at radius 2 is 1.28 bits per heavy atom. The van der Waals surface area contributed by atoms with Crippen molar-refractivity contribution in [3.63, 3.8) is 0 Å². The van der Waals surface area contributed by atoms with Crippen LogP contribution < -0.4 is 0 Å². The van der Waals surface area contributed by atoms with Crippen molar-refractivity contribution in [1.29, 1.82) is 0 Å². The van der Waals surface area contributed by atoms with E-state index in [4.69, 9.17) is 14.2 Å². The van der Waals surface area contributed by atoms with E-state index >= 15 is 0 Å². The van der Waals surface area contributed by atoms with Gasteiger partial charge in [0, 0.05) is 6.42 Å². The van der Waals surface area contributed by atoms with Gasteiger partial charge in [0.2, 0.25) is 0 Å². The Labute approximate surface area is 279 Å². The van der Waals surface area contributed by atoms with Crippen LogP contribution in [0.25, 0.3) is 0 Å². The van der Waals surface area contributed by atoms with E-state index in [1.807, 2.05) is 5.57 Å². The molecule has 0 radical (unpaired) electrons. The molecule has 5 aliphatic rings. The third-order valence-corrected chi connectivity index (χ3v) is 14.8. The molecule has 0 spiro atoms. The molecule has 250 valence electrons. The van der Waals surface area contributed by atoms with Crippen LogP contribution in [0.15, 0.2) is 72.3 Å². The summed E-state index contributed by atoms with van der Waals surface area (Å²) in [6, 6.07) is 21.0. The van der Waals surface area contributed by atoms with Gasteiger partial charge in [0.1, 0.15) is 0 Å². The highest BCUT2D eigenvalue weighted by atomic mass is 16.9. The first-order chi connectivity index (χ1) is 21.6. The Hall–Kier alpha value is -1.94. The Bertz CT molecular complexity index is 1400. The van der Waals surface area contributed by atoms with Gasteiger partial charge in [-0.15, -0.1) is 0 Å². The average Bonchev–Trinajstić information content (AvgIpc) is 3.01. The van der Waals surface area contributed by atoms with Gasteiger partial charge in [-0.05, 0) is 121 Å². The number of benzene rings is 2. The molecular formula is C43H60O3. The van der Waals surface area contributed by atoms with Gasteiger partial charge >= 0.3 is 0 Å². The Kier molecular flexibility index (Phi) is 7.82. The van der Waals surface area contributed by atoms with Crippen LogP contribution in [-0.4, -0.2) is 11.6 Å². The summed E-state index contributed by atoms with van der Waals surface area (Å²) in [6.45, 7) is 21.2. The molecule has 7 atom stereocenters. The van der Waals surface area contributed by atoms with Gasteiger partial charge in [0.15, 0.2) is 0 Å². The maximum Gasteiger partial charge on any atom is 0.284 e.